The quantitative estimate of drug-likeness (QED) is 0.165. The van der Waals surface area contributed by atoms with E-state index in [-0.39, 0.29) is 23.7 Å². The first-order valence-corrected chi connectivity index (χ1v) is 16.3. The summed E-state index contributed by atoms with van der Waals surface area (Å²) in [5.74, 6) is 3.23. The van der Waals surface area contributed by atoms with Gasteiger partial charge in [-0.05, 0) is 76.0 Å². The smallest absolute Gasteiger partial charge is 0.131 e. The largest absolute Gasteiger partial charge is 0.490 e. The molecule has 230 valence electrons. The summed E-state index contributed by atoms with van der Waals surface area (Å²) in [6.07, 6.45) is 6.43. The van der Waals surface area contributed by atoms with Crippen LogP contribution in [0.3, 0.4) is 0 Å². The molecule has 0 spiro atoms. The van der Waals surface area contributed by atoms with Crippen LogP contribution in [0.1, 0.15) is 81.0 Å². The Hall–Kier alpha value is -3.76. The monoisotopic (exact) mass is 590 g/mol. The second kappa shape index (κ2) is 13.9. The molecule has 0 aromatic heterocycles. The summed E-state index contributed by atoms with van der Waals surface area (Å²) >= 11 is 0. The zero-order valence-electron chi connectivity index (χ0n) is 26.4. The zero-order chi connectivity index (χ0) is 30.4. The van der Waals surface area contributed by atoms with Crippen LogP contribution in [0.2, 0.25) is 0 Å². The number of hydrogen-bond acceptors (Lipinski definition) is 4. The minimum absolute atomic E-state index is 0.0773. The van der Waals surface area contributed by atoms with Gasteiger partial charge in [0.25, 0.3) is 0 Å². The normalized spacial score (nSPS) is 20.9. The molecule has 4 atom stereocenters. The molecule has 1 unspecified atom stereocenters. The number of ether oxygens (including phenoxy) is 4. The number of fused-ring (bicyclic) bond motifs is 3. The molecule has 2 aliphatic rings. The molecule has 4 aromatic rings. The van der Waals surface area contributed by atoms with Crippen molar-refractivity contribution in [2.75, 3.05) is 0 Å². The van der Waals surface area contributed by atoms with Crippen molar-refractivity contribution in [1.29, 1.82) is 0 Å². The standard InChI is InChI=1S/C40H46O4/c1-29(14-13-21-30-15-7-4-8-16-30)43-34-25-37(42-28-32-19-11-6-12-20-32)39-35-24-33(41-27-31-17-9-5-10-18-31)22-23-36(35)40(2,3)44-38(39)26-34/h4-12,15-20,25-26,29,33,35-36H,13-14,21-24,27-28H2,1-3H3/t29?,33-,35-,36-/m1/s1. The number of benzene rings is 4. The lowest BCUT2D eigenvalue weighted by Gasteiger charge is -2.49. The Balaban J connectivity index is 1.23. The first-order valence-electron chi connectivity index (χ1n) is 16.3. The molecule has 1 aliphatic carbocycles. The van der Waals surface area contributed by atoms with Crippen LogP contribution < -0.4 is 14.2 Å². The first-order chi connectivity index (χ1) is 21.4. The molecule has 1 aliphatic heterocycles. The molecule has 1 saturated carbocycles. The van der Waals surface area contributed by atoms with E-state index in [0.29, 0.717) is 19.1 Å². The molecule has 4 heteroatoms. The number of rotatable bonds is 12. The summed E-state index contributed by atoms with van der Waals surface area (Å²) in [6, 6.07) is 35.7. The van der Waals surface area contributed by atoms with Crippen LogP contribution in [0, 0.1) is 5.92 Å². The summed E-state index contributed by atoms with van der Waals surface area (Å²) in [4.78, 5) is 0. The van der Waals surface area contributed by atoms with Crippen LogP contribution in [0.15, 0.2) is 103 Å². The lowest BCUT2D eigenvalue weighted by atomic mass is 9.66. The highest BCUT2D eigenvalue weighted by Gasteiger charge is 2.48. The highest BCUT2D eigenvalue weighted by molar-refractivity contribution is 5.55. The van der Waals surface area contributed by atoms with E-state index in [2.05, 4.69) is 118 Å². The molecule has 0 N–H and O–H groups in total. The number of aryl methyl sites for hydroxylation is 1. The van der Waals surface area contributed by atoms with Gasteiger partial charge in [0.1, 0.15) is 29.5 Å². The Bertz CT molecular complexity index is 1470. The summed E-state index contributed by atoms with van der Waals surface area (Å²) in [6.45, 7) is 7.78. The lowest BCUT2D eigenvalue weighted by molar-refractivity contribution is -0.0565. The van der Waals surface area contributed by atoms with E-state index < -0.39 is 0 Å². The van der Waals surface area contributed by atoms with Crippen LogP contribution in [0.5, 0.6) is 17.2 Å². The molecular formula is C40H46O4. The fourth-order valence-corrected chi connectivity index (χ4v) is 7.06. The molecule has 6 rings (SSSR count). The molecule has 4 nitrogen and oxygen atoms in total. The van der Waals surface area contributed by atoms with E-state index in [1.165, 1.54) is 16.7 Å². The van der Waals surface area contributed by atoms with Crippen LogP contribution in [0.25, 0.3) is 0 Å². The highest BCUT2D eigenvalue weighted by Crippen LogP contribution is 2.56. The van der Waals surface area contributed by atoms with E-state index in [1.807, 2.05) is 6.07 Å². The molecular weight excluding hydrogens is 544 g/mol. The van der Waals surface area contributed by atoms with Gasteiger partial charge in [0.05, 0.1) is 18.8 Å². The van der Waals surface area contributed by atoms with E-state index >= 15 is 0 Å². The van der Waals surface area contributed by atoms with Gasteiger partial charge in [-0.15, -0.1) is 0 Å². The average Bonchev–Trinajstić information content (AvgIpc) is 3.03. The molecule has 44 heavy (non-hydrogen) atoms. The van der Waals surface area contributed by atoms with E-state index in [9.17, 15) is 0 Å². The first kappa shape index (κ1) is 30.3. The fraction of sp³-hybridized carbons (Fsp3) is 0.400. The maximum atomic E-state index is 6.81. The third-order valence-corrected chi connectivity index (χ3v) is 9.34. The topological polar surface area (TPSA) is 36.9 Å². The van der Waals surface area contributed by atoms with Crippen molar-refractivity contribution >= 4 is 0 Å². The van der Waals surface area contributed by atoms with Crippen LogP contribution in [-0.4, -0.2) is 17.8 Å². The van der Waals surface area contributed by atoms with Crippen molar-refractivity contribution in [2.24, 2.45) is 5.92 Å². The van der Waals surface area contributed by atoms with Gasteiger partial charge < -0.3 is 18.9 Å². The SMILES string of the molecule is CC(CCCc1ccccc1)Oc1cc(OCc2ccccc2)c2c(c1)OC(C)(C)[C@@H]1CC[C@@H](OCc3ccccc3)C[C@@H]21. The molecule has 0 radical (unpaired) electrons. The van der Waals surface area contributed by atoms with E-state index in [0.717, 1.165) is 61.3 Å². The van der Waals surface area contributed by atoms with E-state index in [4.69, 9.17) is 18.9 Å². The minimum Gasteiger partial charge on any atom is -0.490 e. The Kier molecular flexibility index (Phi) is 9.57. The second-order valence-corrected chi connectivity index (χ2v) is 13.1. The van der Waals surface area contributed by atoms with Gasteiger partial charge >= 0.3 is 0 Å². The highest BCUT2D eigenvalue weighted by atomic mass is 16.5. The minimum atomic E-state index is -0.293. The van der Waals surface area contributed by atoms with Crippen LogP contribution >= 0.6 is 0 Å². The third-order valence-electron chi connectivity index (χ3n) is 9.34. The average molecular weight is 591 g/mol. The Morgan fingerprint density at radius 2 is 1.43 bits per heavy atom. The van der Waals surface area contributed by atoms with Crippen molar-refractivity contribution in [3.05, 3.63) is 125 Å². The van der Waals surface area contributed by atoms with Gasteiger partial charge in [0.15, 0.2) is 0 Å². The molecule has 0 saturated heterocycles. The van der Waals surface area contributed by atoms with Gasteiger partial charge in [0.2, 0.25) is 0 Å². The van der Waals surface area contributed by atoms with Crippen molar-refractivity contribution < 1.29 is 18.9 Å². The Morgan fingerprint density at radius 3 is 2.11 bits per heavy atom. The van der Waals surface area contributed by atoms with Gasteiger partial charge in [-0.2, -0.15) is 0 Å². The zero-order valence-corrected chi connectivity index (χ0v) is 26.4. The molecule has 0 amide bonds. The third kappa shape index (κ3) is 7.47. The van der Waals surface area contributed by atoms with Gasteiger partial charge in [-0.1, -0.05) is 91.0 Å². The predicted octanol–water partition coefficient (Wildman–Crippen LogP) is 9.70. The Labute approximate surface area is 263 Å². The molecule has 1 fully saturated rings. The van der Waals surface area contributed by atoms with Crippen molar-refractivity contribution in [3.8, 4) is 17.2 Å². The van der Waals surface area contributed by atoms with Crippen LogP contribution in [-0.2, 0) is 24.4 Å². The lowest BCUT2D eigenvalue weighted by Crippen LogP contribution is -2.48. The fourth-order valence-electron chi connectivity index (χ4n) is 7.06. The van der Waals surface area contributed by atoms with Gasteiger partial charge in [-0.3, -0.25) is 0 Å². The van der Waals surface area contributed by atoms with Gasteiger partial charge in [0, 0.05) is 29.5 Å². The maximum Gasteiger partial charge on any atom is 0.131 e. The summed E-state index contributed by atoms with van der Waals surface area (Å²) in [5, 5.41) is 0. The molecule has 0 bridgehead atoms. The summed E-state index contributed by atoms with van der Waals surface area (Å²) < 4.78 is 26.5. The molecule has 4 aromatic carbocycles. The summed E-state index contributed by atoms with van der Waals surface area (Å²) in [5.41, 5.74) is 4.60. The maximum absolute atomic E-state index is 6.81. The molecule has 1 heterocycles. The van der Waals surface area contributed by atoms with Gasteiger partial charge in [-0.25, -0.2) is 0 Å². The van der Waals surface area contributed by atoms with Crippen LogP contribution in [0.4, 0.5) is 0 Å². The van der Waals surface area contributed by atoms with Crippen molar-refractivity contribution in [1.82, 2.24) is 0 Å². The second-order valence-electron chi connectivity index (χ2n) is 13.1. The van der Waals surface area contributed by atoms with Crippen molar-refractivity contribution in [2.45, 2.75) is 96.2 Å². The van der Waals surface area contributed by atoms with E-state index in [1.54, 1.807) is 0 Å². The summed E-state index contributed by atoms with van der Waals surface area (Å²) in [7, 11) is 0. The Morgan fingerprint density at radius 1 is 0.795 bits per heavy atom. The predicted molar refractivity (Wildman–Crippen MR) is 176 cm³/mol. The number of hydrogen-bond donors (Lipinski definition) is 0. The van der Waals surface area contributed by atoms with Crippen molar-refractivity contribution in [3.63, 3.8) is 0 Å².